The van der Waals surface area contributed by atoms with Gasteiger partial charge in [-0.05, 0) is 56.4 Å². The first-order chi connectivity index (χ1) is 12.9. The lowest BCUT2D eigenvalue weighted by molar-refractivity contribution is -0.148. The Hall–Kier alpha value is -2.31. The molecule has 0 saturated carbocycles. The number of hydrogen-bond donors (Lipinski definition) is 2. The van der Waals surface area contributed by atoms with Crippen LogP contribution in [0.3, 0.4) is 0 Å². The zero-order valence-corrected chi connectivity index (χ0v) is 16.6. The molecule has 0 aromatic heterocycles. The number of anilines is 1. The minimum Gasteiger partial charge on any atom is -0.467 e. The Morgan fingerprint density at radius 1 is 1.30 bits per heavy atom. The van der Waals surface area contributed by atoms with Gasteiger partial charge >= 0.3 is 0 Å². The molecule has 1 saturated heterocycles. The van der Waals surface area contributed by atoms with Crippen molar-refractivity contribution in [2.45, 2.75) is 25.6 Å². The second-order valence-corrected chi connectivity index (χ2v) is 7.66. The van der Waals surface area contributed by atoms with Gasteiger partial charge in [-0.3, -0.25) is 4.79 Å². The molecule has 0 spiro atoms. The molecule has 0 unspecified atom stereocenters. The van der Waals surface area contributed by atoms with Crippen LogP contribution in [0.25, 0.3) is 0 Å². The Balaban J connectivity index is 1.75. The first kappa shape index (κ1) is 18.1. The molecule has 3 atom stereocenters. The predicted molar refractivity (Wildman–Crippen MR) is 110 cm³/mol. The molecule has 7 heteroatoms. The van der Waals surface area contributed by atoms with Crippen LogP contribution in [0.4, 0.5) is 5.69 Å². The number of benzene rings is 2. The normalized spacial score (nSPS) is 25.9. The summed E-state index contributed by atoms with van der Waals surface area (Å²) in [7, 11) is 0. The highest BCUT2D eigenvalue weighted by atomic mass is 35.5. The molecule has 0 aliphatic carbocycles. The van der Waals surface area contributed by atoms with E-state index in [9.17, 15) is 4.79 Å². The van der Waals surface area contributed by atoms with E-state index < -0.39 is 11.6 Å². The summed E-state index contributed by atoms with van der Waals surface area (Å²) < 4.78 is 6.37. The second-order valence-electron chi connectivity index (χ2n) is 6.84. The minimum absolute atomic E-state index is 0.132. The monoisotopic (exact) mass is 401 g/mol. The van der Waals surface area contributed by atoms with E-state index in [1.165, 1.54) is 0 Å². The van der Waals surface area contributed by atoms with Crippen molar-refractivity contribution in [3.8, 4) is 5.75 Å². The SMILES string of the molecule is CCN1C(=S)N[C@@H]2c3ccccc3O[C@@]1(C)[C@@H]2C(=O)Nc1ccc(Cl)cc1. The Kier molecular flexibility index (Phi) is 4.48. The summed E-state index contributed by atoms with van der Waals surface area (Å²) in [4.78, 5) is 15.2. The summed E-state index contributed by atoms with van der Waals surface area (Å²) in [5.74, 6) is 0.150. The number of carbonyl (C=O) groups excluding carboxylic acids is 1. The zero-order valence-electron chi connectivity index (χ0n) is 15.0. The maximum absolute atomic E-state index is 13.3. The van der Waals surface area contributed by atoms with Gasteiger partial charge in [0.05, 0.1) is 6.04 Å². The molecule has 2 aliphatic heterocycles. The van der Waals surface area contributed by atoms with Crippen molar-refractivity contribution in [3.63, 3.8) is 0 Å². The molecule has 4 rings (SSSR count). The molecule has 27 heavy (non-hydrogen) atoms. The summed E-state index contributed by atoms with van der Waals surface area (Å²) in [5.41, 5.74) is 0.743. The standard InChI is InChI=1S/C20H20ClN3O2S/c1-3-24-19(27)23-17-14-6-4-5-7-15(14)26-20(24,2)16(17)18(25)22-13-10-8-12(21)9-11-13/h4-11,16-17H,3H2,1-2H3,(H,22,25)(H,23,27)/t16-,17+,20-/m0/s1. The molecule has 2 aliphatic rings. The maximum atomic E-state index is 13.3. The van der Waals surface area contributed by atoms with Crippen molar-refractivity contribution in [1.29, 1.82) is 0 Å². The number of ether oxygens (including phenoxy) is 1. The lowest BCUT2D eigenvalue weighted by atomic mass is 9.79. The summed E-state index contributed by atoms with van der Waals surface area (Å²) in [6.07, 6.45) is 0. The van der Waals surface area contributed by atoms with Gasteiger partial charge in [-0.2, -0.15) is 0 Å². The fourth-order valence-corrected chi connectivity index (χ4v) is 4.57. The number of nitrogens with one attached hydrogen (secondary N) is 2. The van der Waals surface area contributed by atoms with E-state index >= 15 is 0 Å². The molecular formula is C20H20ClN3O2S. The Labute approximate surface area is 168 Å². The highest BCUT2D eigenvalue weighted by molar-refractivity contribution is 7.80. The number of para-hydroxylation sites is 1. The van der Waals surface area contributed by atoms with Crippen molar-refractivity contribution in [2.24, 2.45) is 5.92 Å². The van der Waals surface area contributed by atoms with Crippen molar-refractivity contribution < 1.29 is 9.53 Å². The van der Waals surface area contributed by atoms with Gasteiger partial charge < -0.3 is 20.3 Å². The second kappa shape index (κ2) is 6.69. The van der Waals surface area contributed by atoms with Crippen molar-refractivity contribution in [1.82, 2.24) is 10.2 Å². The van der Waals surface area contributed by atoms with Crippen LogP contribution in [-0.4, -0.2) is 28.2 Å². The van der Waals surface area contributed by atoms with Crippen LogP contribution in [0.1, 0.15) is 25.5 Å². The Morgan fingerprint density at radius 2 is 2.00 bits per heavy atom. The van der Waals surface area contributed by atoms with E-state index in [1.807, 2.05) is 43.0 Å². The molecular weight excluding hydrogens is 382 g/mol. The minimum atomic E-state index is -0.882. The quantitative estimate of drug-likeness (QED) is 0.762. The van der Waals surface area contributed by atoms with Gasteiger partial charge in [-0.1, -0.05) is 29.8 Å². The first-order valence-corrected chi connectivity index (χ1v) is 9.65. The Bertz CT molecular complexity index is 904. The largest absolute Gasteiger partial charge is 0.467 e. The van der Waals surface area contributed by atoms with E-state index in [0.717, 1.165) is 11.3 Å². The van der Waals surface area contributed by atoms with E-state index in [0.29, 0.717) is 22.4 Å². The molecule has 2 N–H and O–H groups in total. The third kappa shape index (κ3) is 2.93. The molecule has 2 heterocycles. The number of hydrogen-bond acceptors (Lipinski definition) is 3. The van der Waals surface area contributed by atoms with Crippen molar-refractivity contribution >= 4 is 40.5 Å². The van der Waals surface area contributed by atoms with Crippen LogP contribution in [0, 0.1) is 5.92 Å². The van der Waals surface area contributed by atoms with Crippen LogP contribution >= 0.6 is 23.8 Å². The first-order valence-electron chi connectivity index (χ1n) is 8.86. The summed E-state index contributed by atoms with van der Waals surface area (Å²) in [5, 5.41) is 7.56. The average molecular weight is 402 g/mol. The van der Waals surface area contributed by atoms with Crippen molar-refractivity contribution in [2.75, 3.05) is 11.9 Å². The van der Waals surface area contributed by atoms with Crippen LogP contribution in [0.2, 0.25) is 5.02 Å². The number of thiocarbonyl (C=S) groups is 1. The highest BCUT2D eigenvalue weighted by Crippen LogP contribution is 2.48. The number of halogens is 1. The summed E-state index contributed by atoms with van der Waals surface area (Å²) in [6.45, 7) is 4.55. The smallest absolute Gasteiger partial charge is 0.236 e. The Morgan fingerprint density at radius 3 is 2.70 bits per heavy atom. The third-order valence-electron chi connectivity index (χ3n) is 5.25. The van der Waals surface area contributed by atoms with Gasteiger partial charge in [0.2, 0.25) is 5.91 Å². The lowest BCUT2D eigenvalue weighted by Crippen LogP contribution is -2.71. The predicted octanol–water partition coefficient (Wildman–Crippen LogP) is 3.95. The fourth-order valence-electron chi connectivity index (χ4n) is 4.01. The van der Waals surface area contributed by atoms with Crippen LogP contribution < -0.4 is 15.4 Å². The molecule has 5 nitrogen and oxygen atoms in total. The molecule has 2 aromatic carbocycles. The molecule has 1 amide bonds. The van der Waals surface area contributed by atoms with Crippen LogP contribution in [-0.2, 0) is 4.79 Å². The number of rotatable bonds is 3. The van der Waals surface area contributed by atoms with Gasteiger partial charge in [0.15, 0.2) is 10.8 Å². The number of carbonyl (C=O) groups is 1. The third-order valence-corrected chi connectivity index (χ3v) is 5.84. The lowest BCUT2D eigenvalue weighted by Gasteiger charge is -2.55. The van der Waals surface area contributed by atoms with E-state index in [-0.39, 0.29) is 11.9 Å². The summed E-state index contributed by atoms with van der Waals surface area (Å²) >= 11 is 11.5. The average Bonchev–Trinajstić information content (AvgIpc) is 2.63. The van der Waals surface area contributed by atoms with Crippen molar-refractivity contribution in [3.05, 3.63) is 59.1 Å². The van der Waals surface area contributed by atoms with Gasteiger partial charge in [0.25, 0.3) is 0 Å². The molecule has 1 fully saturated rings. The van der Waals surface area contributed by atoms with Gasteiger partial charge in [-0.15, -0.1) is 0 Å². The van der Waals surface area contributed by atoms with E-state index in [1.54, 1.807) is 24.3 Å². The van der Waals surface area contributed by atoms with Crippen LogP contribution in [0.5, 0.6) is 5.75 Å². The van der Waals surface area contributed by atoms with E-state index in [2.05, 4.69) is 10.6 Å². The highest BCUT2D eigenvalue weighted by Gasteiger charge is 2.58. The topological polar surface area (TPSA) is 53.6 Å². The van der Waals surface area contributed by atoms with E-state index in [4.69, 9.17) is 28.6 Å². The van der Waals surface area contributed by atoms with Gasteiger partial charge in [-0.25, -0.2) is 0 Å². The number of nitrogens with zero attached hydrogens (tertiary/aromatic N) is 1. The van der Waals surface area contributed by atoms with Gasteiger partial charge in [0.1, 0.15) is 11.7 Å². The van der Waals surface area contributed by atoms with Gasteiger partial charge in [0, 0.05) is 22.8 Å². The fraction of sp³-hybridized carbons (Fsp3) is 0.300. The molecule has 2 aromatic rings. The molecule has 2 bridgehead atoms. The zero-order chi connectivity index (χ0) is 19.2. The molecule has 140 valence electrons. The number of amides is 1. The number of fused-ring (bicyclic) bond motifs is 4. The maximum Gasteiger partial charge on any atom is 0.236 e. The molecule has 0 radical (unpaired) electrons. The van der Waals surface area contributed by atoms with Crippen LogP contribution in [0.15, 0.2) is 48.5 Å². The summed E-state index contributed by atoms with van der Waals surface area (Å²) in [6, 6.07) is 14.6.